The average Bonchev–Trinajstić information content (AvgIpc) is 3.18. The van der Waals surface area contributed by atoms with Gasteiger partial charge in [0, 0.05) is 34.4 Å². The van der Waals surface area contributed by atoms with Crippen molar-refractivity contribution in [1.82, 2.24) is 9.88 Å². The van der Waals surface area contributed by atoms with Gasteiger partial charge in [-0.15, -0.1) is 0 Å². The monoisotopic (exact) mass is 517 g/mol. The topological polar surface area (TPSA) is 81.9 Å². The van der Waals surface area contributed by atoms with Gasteiger partial charge in [-0.05, 0) is 84.8 Å². The van der Waals surface area contributed by atoms with Gasteiger partial charge in [0.05, 0.1) is 32.7 Å². The first-order chi connectivity index (χ1) is 17.9. The van der Waals surface area contributed by atoms with E-state index in [1.54, 1.807) is 55.3 Å². The fourth-order valence-electron chi connectivity index (χ4n) is 4.14. The van der Waals surface area contributed by atoms with Crippen LogP contribution in [0.2, 0.25) is 5.02 Å². The second-order valence-electron chi connectivity index (χ2n) is 8.43. The fraction of sp³-hybridized carbons (Fsp3) is 0.207. The Morgan fingerprint density at radius 1 is 0.973 bits per heavy atom. The van der Waals surface area contributed by atoms with Crippen LogP contribution in [-0.2, 0) is 11.2 Å². The quantitative estimate of drug-likeness (QED) is 0.248. The lowest BCUT2D eigenvalue weighted by atomic mass is 10.1. The van der Waals surface area contributed by atoms with Crippen molar-refractivity contribution in [3.05, 3.63) is 94.1 Å². The molecule has 190 valence electrons. The molecule has 4 rings (SSSR count). The van der Waals surface area contributed by atoms with Crippen LogP contribution in [0, 0.1) is 6.92 Å². The van der Waals surface area contributed by atoms with Crippen LogP contribution in [0.25, 0.3) is 10.9 Å². The lowest BCUT2D eigenvalue weighted by Gasteiger charge is -2.08. The molecule has 3 aromatic carbocycles. The van der Waals surface area contributed by atoms with E-state index in [1.165, 1.54) is 0 Å². The molecular formula is C29H28ClN3O4. The van der Waals surface area contributed by atoms with Crippen LogP contribution in [0.3, 0.4) is 0 Å². The summed E-state index contributed by atoms with van der Waals surface area (Å²) >= 11 is 6.00. The summed E-state index contributed by atoms with van der Waals surface area (Å²) in [5, 5.41) is 4.27. The normalized spacial score (nSPS) is 11.1. The Hall–Kier alpha value is -4.10. The highest BCUT2D eigenvalue weighted by atomic mass is 35.5. The number of aromatic nitrogens is 1. The third-order valence-electron chi connectivity index (χ3n) is 6.09. The summed E-state index contributed by atoms with van der Waals surface area (Å²) in [6.45, 7) is 2.69. The minimum atomic E-state index is -0.191. The first-order valence-corrected chi connectivity index (χ1v) is 12.2. The number of carbonyl (C=O) groups is 2. The van der Waals surface area contributed by atoms with Gasteiger partial charge < -0.3 is 14.8 Å². The average molecular weight is 518 g/mol. The van der Waals surface area contributed by atoms with Gasteiger partial charge in [-0.25, -0.2) is 0 Å². The number of amides is 1. The van der Waals surface area contributed by atoms with Crippen LogP contribution in [0.15, 0.2) is 71.7 Å². The number of methoxy groups -OCH3 is 2. The van der Waals surface area contributed by atoms with Crippen molar-refractivity contribution in [2.75, 3.05) is 27.3 Å². The van der Waals surface area contributed by atoms with Crippen molar-refractivity contribution in [2.24, 2.45) is 4.99 Å². The molecular weight excluding hydrogens is 490 g/mol. The first-order valence-electron chi connectivity index (χ1n) is 11.8. The van der Waals surface area contributed by atoms with E-state index in [-0.39, 0.29) is 18.2 Å². The second-order valence-corrected chi connectivity index (χ2v) is 8.87. The molecule has 0 fully saturated rings. The standard InChI is InChI=1S/C29H28ClN3O4/c1-19-25(17-28(34)32-15-14-31-18-20-4-10-23(36-2)11-5-20)26-16-24(37-3)12-13-27(26)33(19)29(35)21-6-8-22(30)9-7-21/h4-13,16,18H,14-15,17H2,1-3H3,(H,32,34). The van der Waals surface area contributed by atoms with Crippen LogP contribution in [0.4, 0.5) is 0 Å². The molecule has 37 heavy (non-hydrogen) atoms. The Kier molecular flexibility index (Phi) is 8.25. The lowest BCUT2D eigenvalue weighted by molar-refractivity contribution is -0.120. The number of halogens is 1. The molecule has 0 radical (unpaired) electrons. The van der Waals surface area contributed by atoms with Crippen LogP contribution < -0.4 is 14.8 Å². The SMILES string of the molecule is COc1ccc(C=NCCNC(=O)Cc2c(C)n(C(=O)c3ccc(Cl)cc3)c3ccc(OC)cc23)cc1. The minimum absolute atomic E-state index is 0.124. The van der Waals surface area contributed by atoms with E-state index in [0.717, 1.165) is 22.3 Å². The molecule has 0 atom stereocenters. The number of hydrogen-bond donors (Lipinski definition) is 1. The molecule has 0 aliphatic heterocycles. The zero-order valence-electron chi connectivity index (χ0n) is 21.0. The highest BCUT2D eigenvalue weighted by molar-refractivity contribution is 6.30. The van der Waals surface area contributed by atoms with Gasteiger partial charge in [0.2, 0.25) is 5.91 Å². The van der Waals surface area contributed by atoms with E-state index in [1.807, 2.05) is 43.3 Å². The summed E-state index contributed by atoms with van der Waals surface area (Å²) in [6, 6.07) is 19.8. The molecule has 1 amide bonds. The van der Waals surface area contributed by atoms with E-state index in [9.17, 15) is 9.59 Å². The number of nitrogens with zero attached hydrogens (tertiary/aromatic N) is 2. The number of aliphatic imine (C=N–C) groups is 1. The molecule has 1 aromatic heterocycles. The van der Waals surface area contributed by atoms with E-state index >= 15 is 0 Å². The molecule has 0 bridgehead atoms. The van der Waals surface area contributed by atoms with Crippen LogP contribution in [-0.4, -0.2) is 49.9 Å². The van der Waals surface area contributed by atoms with Crippen molar-refractivity contribution in [3.63, 3.8) is 0 Å². The van der Waals surface area contributed by atoms with Crippen molar-refractivity contribution in [1.29, 1.82) is 0 Å². The van der Waals surface area contributed by atoms with Crippen LogP contribution >= 0.6 is 11.6 Å². The zero-order chi connectivity index (χ0) is 26.4. The zero-order valence-corrected chi connectivity index (χ0v) is 21.7. The highest BCUT2D eigenvalue weighted by Gasteiger charge is 2.22. The Morgan fingerprint density at radius 2 is 1.65 bits per heavy atom. The summed E-state index contributed by atoms with van der Waals surface area (Å²) in [7, 11) is 3.21. The van der Waals surface area contributed by atoms with E-state index in [2.05, 4.69) is 10.3 Å². The van der Waals surface area contributed by atoms with Gasteiger partial charge >= 0.3 is 0 Å². The molecule has 8 heteroatoms. The third kappa shape index (κ3) is 6.01. The largest absolute Gasteiger partial charge is 0.497 e. The smallest absolute Gasteiger partial charge is 0.262 e. The van der Waals surface area contributed by atoms with Crippen molar-refractivity contribution in [2.45, 2.75) is 13.3 Å². The summed E-state index contributed by atoms with van der Waals surface area (Å²) in [6.07, 6.45) is 1.89. The number of benzene rings is 3. The van der Waals surface area contributed by atoms with E-state index < -0.39 is 0 Å². The van der Waals surface area contributed by atoms with Gasteiger partial charge in [0.1, 0.15) is 11.5 Å². The molecule has 0 unspecified atom stereocenters. The molecule has 1 N–H and O–H groups in total. The van der Waals surface area contributed by atoms with Gasteiger partial charge in [-0.1, -0.05) is 11.6 Å². The number of carbonyl (C=O) groups excluding carboxylic acids is 2. The Morgan fingerprint density at radius 3 is 2.32 bits per heavy atom. The number of rotatable bonds is 9. The highest BCUT2D eigenvalue weighted by Crippen LogP contribution is 2.31. The van der Waals surface area contributed by atoms with Gasteiger partial charge in [0.15, 0.2) is 0 Å². The molecule has 0 aliphatic rings. The molecule has 0 aliphatic carbocycles. The molecule has 0 saturated heterocycles. The van der Waals surface area contributed by atoms with Crippen LogP contribution in [0.1, 0.15) is 27.2 Å². The summed E-state index contributed by atoms with van der Waals surface area (Å²) in [5.41, 5.74) is 3.65. The van der Waals surface area contributed by atoms with Gasteiger partial charge in [-0.2, -0.15) is 0 Å². The summed E-state index contributed by atoms with van der Waals surface area (Å²) in [4.78, 5) is 30.6. The minimum Gasteiger partial charge on any atom is -0.497 e. The van der Waals surface area contributed by atoms with E-state index in [0.29, 0.717) is 40.6 Å². The Labute approximate surface area is 220 Å². The third-order valence-corrected chi connectivity index (χ3v) is 6.34. The number of nitrogens with one attached hydrogen (secondary N) is 1. The predicted octanol–water partition coefficient (Wildman–Crippen LogP) is 5.09. The maximum absolute atomic E-state index is 13.4. The molecule has 7 nitrogen and oxygen atoms in total. The maximum Gasteiger partial charge on any atom is 0.262 e. The summed E-state index contributed by atoms with van der Waals surface area (Å²) in [5.74, 6) is 1.10. The van der Waals surface area contributed by atoms with Crippen LogP contribution in [0.5, 0.6) is 11.5 Å². The maximum atomic E-state index is 13.4. The second kappa shape index (κ2) is 11.8. The van der Waals surface area contributed by atoms with E-state index in [4.69, 9.17) is 21.1 Å². The fourth-order valence-corrected chi connectivity index (χ4v) is 4.26. The number of hydrogen-bond acceptors (Lipinski definition) is 5. The number of fused-ring (bicyclic) bond motifs is 1. The molecule has 0 saturated carbocycles. The Bertz CT molecular complexity index is 1440. The van der Waals surface area contributed by atoms with Crippen molar-refractivity contribution in [3.8, 4) is 11.5 Å². The molecule has 0 spiro atoms. The van der Waals surface area contributed by atoms with Crippen molar-refractivity contribution >= 4 is 40.5 Å². The van der Waals surface area contributed by atoms with Crippen molar-refractivity contribution < 1.29 is 19.1 Å². The molecule has 4 aromatic rings. The lowest BCUT2D eigenvalue weighted by Crippen LogP contribution is -2.27. The summed E-state index contributed by atoms with van der Waals surface area (Å²) < 4.78 is 12.2. The number of ether oxygens (including phenoxy) is 2. The van der Waals surface area contributed by atoms with Gasteiger partial charge in [-0.3, -0.25) is 19.1 Å². The van der Waals surface area contributed by atoms with Gasteiger partial charge in [0.25, 0.3) is 5.91 Å². The Balaban J connectivity index is 1.49. The predicted molar refractivity (Wildman–Crippen MR) is 147 cm³/mol. The first kappa shape index (κ1) is 26.0. The molecule has 1 heterocycles.